The predicted octanol–water partition coefficient (Wildman–Crippen LogP) is 3.03. The fraction of sp³-hybridized carbons (Fsp3) is 0.533. The number of anilines is 1. The number of aryl methyl sites for hydroxylation is 1. The van der Waals surface area contributed by atoms with Gasteiger partial charge in [0, 0.05) is 19.0 Å². The highest BCUT2D eigenvalue weighted by Crippen LogP contribution is 2.29. The molecule has 6 heteroatoms. The molecular formula is C15H21N3O2S. The molecule has 2 amide bonds. The highest BCUT2D eigenvalue weighted by atomic mass is 32.1. The van der Waals surface area contributed by atoms with Crippen molar-refractivity contribution in [1.82, 2.24) is 4.90 Å². The van der Waals surface area contributed by atoms with E-state index >= 15 is 0 Å². The molecule has 0 aliphatic heterocycles. The Kier molecular flexibility index (Phi) is 5.50. The summed E-state index contributed by atoms with van der Waals surface area (Å²) < 4.78 is 0. The first-order valence-electron chi connectivity index (χ1n) is 6.71. The fourth-order valence-electron chi connectivity index (χ4n) is 1.55. The number of thiophene rings is 1. The number of hydrogen-bond acceptors (Lipinski definition) is 4. The Balaban J connectivity index is 2.86. The van der Waals surface area contributed by atoms with Crippen LogP contribution in [0.25, 0.3) is 0 Å². The van der Waals surface area contributed by atoms with E-state index in [0.717, 1.165) is 5.56 Å². The Bertz CT molecular complexity index is 579. The molecule has 0 aliphatic carbocycles. The number of nitrogens with one attached hydrogen (secondary N) is 1. The molecule has 0 aromatic carbocycles. The third-order valence-corrected chi connectivity index (χ3v) is 4.08. The lowest BCUT2D eigenvalue weighted by molar-refractivity contribution is -0.123. The van der Waals surface area contributed by atoms with Crippen molar-refractivity contribution < 1.29 is 9.59 Å². The maximum atomic E-state index is 12.3. The molecular weight excluding hydrogens is 286 g/mol. The highest BCUT2D eigenvalue weighted by Gasteiger charge is 2.23. The van der Waals surface area contributed by atoms with Crippen LogP contribution in [-0.2, 0) is 4.79 Å². The van der Waals surface area contributed by atoms with Gasteiger partial charge < -0.3 is 10.2 Å². The molecule has 1 aromatic rings. The Morgan fingerprint density at radius 1 is 1.43 bits per heavy atom. The van der Waals surface area contributed by atoms with Crippen LogP contribution in [0.15, 0.2) is 6.07 Å². The van der Waals surface area contributed by atoms with Crippen LogP contribution in [0.2, 0.25) is 0 Å². The van der Waals surface area contributed by atoms with Gasteiger partial charge in [0.15, 0.2) is 0 Å². The molecule has 0 aliphatic rings. The SMILES string of the molecule is Cc1cc(NC(=O)C(C)(C)C)sc1C(=O)N(C)CCC#N. The van der Waals surface area contributed by atoms with Crippen LogP contribution in [0.5, 0.6) is 0 Å². The molecule has 1 aromatic heterocycles. The predicted molar refractivity (Wildman–Crippen MR) is 84.3 cm³/mol. The third kappa shape index (κ3) is 4.57. The first kappa shape index (κ1) is 17.2. The maximum absolute atomic E-state index is 12.3. The monoisotopic (exact) mass is 307 g/mol. The molecule has 0 fully saturated rings. The quantitative estimate of drug-likeness (QED) is 0.929. The zero-order chi connectivity index (χ0) is 16.2. The molecule has 0 atom stereocenters. The molecule has 1 rings (SSSR count). The van der Waals surface area contributed by atoms with Crippen LogP contribution in [0.3, 0.4) is 0 Å². The van der Waals surface area contributed by atoms with E-state index in [9.17, 15) is 9.59 Å². The van der Waals surface area contributed by atoms with Gasteiger partial charge in [0.2, 0.25) is 5.91 Å². The van der Waals surface area contributed by atoms with Gasteiger partial charge in [-0.3, -0.25) is 9.59 Å². The van der Waals surface area contributed by atoms with Gasteiger partial charge in [0.25, 0.3) is 5.91 Å². The fourth-order valence-corrected chi connectivity index (χ4v) is 2.61. The van der Waals surface area contributed by atoms with Gasteiger partial charge >= 0.3 is 0 Å². The van der Waals surface area contributed by atoms with E-state index in [2.05, 4.69) is 5.32 Å². The van der Waals surface area contributed by atoms with Crippen LogP contribution in [0, 0.1) is 23.7 Å². The van der Waals surface area contributed by atoms with Crippen LogP contribution < -0.4 is 5.32 Å². The number of hydrogen-bond donors (Lipinski definition) is 1. The summed E-state index contributed by atoms with van der Waals surface area (Å²) >= 11 is 1.27. The molecule has 21 heavy (non-hydrogen) atoms. The van der Waals surface area contributed by atoms with Gasteiger partial charge in [0.05, 0.1) is 22.4 Å². The average molecular weight is 307 g/mol. The summed E-state index contributed by atoms with van der Waals surface area (Å²) in [5.41, 5.74) is 0.351. The number of nitrogens with zero attached hydrogens (tertiary/aromatic N) is 2. The van der Waals surface area contributed by atoms with E-state index in [1.54, 1.807) is 13.1 Å². The zero-order valence-electron chi connectivity index (χ0n) is 13.1. The lowest BCUT2D eigenvalue weighted by atomic mass is 9.96. The van der Waals surface area contributed by atoms with Gasteiger partial charge in [0.1, 0.15) is 0 Å². The summed E-state index contributed by atoms with van der Waals surface area (Å²) in [7, 11) is 1.67. The second kappa shape index (κ2) is 6.72. The normalized spacial score (nSPS) is 10.9. The van der Waals surface area contributed by atoms with E-state index in [1.165, 1.54) is 16.2 Å². The topological polar surface area (TPSA) is 73.2 Å². The smallest absolute Gasteiger partial charge is 0.264 e. The number of amides is 2. The molecule has 114 valence electrons. The molecule has 0 unspecified atom stereocenters. The Hall–Kier alpha value is -1.87. The number of nitriles is 1. The van der Waals surface area contributed by atoms with Crippen molar-refractivity contribution in [2.75, 3.05) is 18.9 Å². The van der Waals surface area contributed by atoms with Crippen molar-refractivity contribution in [3.63, 3.8) is 0 Å². The maximum Gasteiger partial charge on any atom is 0.264 e. The van der Waals surface area contributed by atoms with Gasteiger partial charge in [-0.05, 0) is 18.6 Å². The van der Waals surface area contributed by atoms with Crippen LogP contribution in [-0.4, -0.2) is 30.3 Å². The van der Waals surface area contributed by atoms with E-state index < -0.39 is 5.41 Å². The Morgan fingerprint density at radius 3 is 2.57 bits per heavy atom. The van der Waals surface area contributed by atoms with E-state index in [0.29, 0.717) is 22.8 Å². The highest BCUT2D eigenvalue weighted by molar-refractivity contribution is 7.18. The number of carbonyl (C=O) groups is 2. The number of carbonyl (C=O) groups excluding carboxylic acids is 2. The van der Waals surface area contributed by atoms with Gasteiger partial charge in [-0.2, -0.15) is 5.26 Å². The lowest BCUT2D eigenvalue weighted by Crippen LogP contribution is -2.27. The van der Waals surface area contributed by atoms with Crippen molar-refractivity contribution in [3.05, 3.63) is 16.5 Å². The standard InChI is InChI=1S/C15H21N3O2S/c1-10-9-11(17-14(20)15(2,3)4)21-12(10)13(19)18(5)8-6-7-16/h9H,6,8H2,1-5H3,(H,17,20). The third-order valence-electron chi connectivity index (χ3n) is 2.94. The zero-order valence-corrected chi connectivity index (χ0v) is 13.9. The molecule has 1 heterocycles. The summed E-state index contributed by atoms with van der Waals surface area (Å²) in [5, 5.41) is 12.1. The molecule has 0 saturated heterocycles. The average Bonchev–Trinajstić information content (AvgIpc) is 2.74. The molecule has 1 N–H and O–H groups in total. The van der Waals surface area contributed by atoms with Crippen molar-refractivity contribution in [1.29, 1.82) is 5.26 Å². The summed E-state index contributed by atoms with van der Waals surface area (Å²) in [6, 6.07) is 3.83. The lowest BCUT2D eigenvalue weighted by Gasteiger charge is -2.16. The van der Waals surface area contributed by atoms with Crippen LogP contribution in [0.1, 0.15) is 42.4 Å². The van der Waals surface area contributed by atoms with Crippen LogP contribution >= 0.6 is 11.3 Å². The van der Waals surface area contributed by atoms with Crippen molar-refractivity contribution in [2.24, 2.45) is 5.41 Å². The first-order chi connectivity index (χ1) is 9.66. The van der Waals surface area contributed by atoms with Crippen molar-refractivity contribution in [2.45, 2.75) is 34.1 Å². The van der Waals surface area contributed by atoms with Crippen molar-refractivity contribution >= 4 is 28.2 Å². The molecule has 0 bridgehead atoms. The van der Waals surface area contributed by atoms with Crippen LogP contribution in [0.4, 0.5) is 5.00 Å². The minimum absolute atomic E-state index is 0.0828. The van der Waals surface area contributed by atoms with E-state index in [4.69, 9.17) is 5.26 Å². The molecule has 0 saturated carbocycles. The van der Waals surface area contributed by atoms with Gasteiger partial charge in [-0.1, -0.05) is 20.8 Å². The van der Waals surface area contributed by atoms with Gasteiger partial charge in [-0.25, -0.2) is 0 Å². The van der Waals surface area contributed by atoms with E-state index in [1.807, 2.05) is 33.8 Å². The first-order valence-corrected chi connectivity index (χ1v) is 7.52. The van der Waals surface area contributed by atoms with Gasteiger partial charge in [-0.15, -0.1) is 11.3 Å². The number of rotatable bonds is 4. The molecule has 0 spiro atoms. The molecule has 0 radical (unpaired) electrons. The second-order valence-corrected chi connectivity index (χ2v) is 7.01. The summed E-state index contributed by atoms with van der Waals surface area (Å²) in [6.07, 6.45) is 0.306. The minimum Gasteiger partial charge on any atom is -0.340 e. The van der Waals surface area contributed by atoms with Crippen molar-refractivity contribution in [3.8, 4) is 6.07 Å². The Morgan fingerprint density at radius 2 is 2.05 bits per heavy atom. The second-order valence-electron chi connectivity index (χ2n) is 5.96. The largest absolute Gasteiger partial charge is 0.340 e. The summed E-state index contributed by atoms with van der Waals surface area (Å²) in [4.78, 5) is 26.4. The Labute approximate surface area is 129 Å². The van der Waals surface area contributed by atoms with E-state index in [-0.39, 0.29) is 11.8 Å². The summed E-state index contributed by atoms with van der Waals surface area (Å²) in [6.45, 7) is 7.75. The molecule has 5 nitrogen and oxygen atoms in total. The summed E-state index contributed by atoms with van der Waals surface area (Å²) in [5.74, 6) is -0.204. The minimum atomic E-state index is -0.481.